The van der Waals surface area contributed by atoms with E-state index < -0.39 is 0 Å². The summed E-state index contributed by atoms with van der Waals surface area (Å²) in [6.07, 6.45) is 3.89. The van der Waals surface area contributed by atoms with Crippen molar-refractivity contribution in [3.8, 4) is 123 Å². The average molecular weight is 1100 g/mol. The fraction of sp³-hybridized carbons (Fsp3) is 0.0353. The van der Waals surface area contributed by atoms with Crippen molar-refractivity contribution in [1.82, 2.24) is 9.97 Å². The van der Waals surface area contributed by atoms with Crippen LogP contribution in [0.2, 0.25) is 0 Å². The third-order valence-electron chi connectivity index (χ3n) is 19.8. The molecule has 0 aliphatic heterocycles. The van der Waals surface area contributed by atoms with Crippen LogP contribution < -0.4 is 0 Å². The summed E-state index contributed by atoms with van der Waals surface area (Å²) in [7, 11) is 0. The van der Waals surface area contributed by atoms with Crippen LogP contribution in [0, 0.1) is 0 Å². The summed E-state index contributed by atoms with van der Waals surface area (Å²) in [5.74, 6) is 0. The van der Waals surface area contributed by atoms with E-state index in [4.69, 9.17) is 9.97 Å². The van der Waals surface area contributed by atoms with Gasteiger partial charge in [0, 0.05) is 62.0 Å². The molecule has 0 spiro atoms. The van der Waals surface area contributed by atoms with Crippen LogP contribution in [0.1, 0.15) is 25.0 Å². The van der Waals surface area contributed by atoms with Crippen LogP contribution in [0.25, 0.3) is 187 Å². The van der Waals surface area contributed by atoms with E-state index in [9.17, 15) is 0 Å². The first kappa shape index (κ1) is 48.3. The van der Waals surface area contributed by atoms with E-state index in [2.05, 4.69) is 281 Å². The van der Waals surface area contributed by atoms with Gasteiger partial charge < -0.3 is 0 Å². The van der Waals surface area contributed by atoms with Crippen molar-refractivity contribution in [3.05, 3.63) is 290 Å². The molecule has 0 unspecified atom stereocenters. The van der Waals surface area contributed by atoms with Crippen molar-refractivity contribution < 1.29 is 0 Å². The van der Waals surface area contributed by atoms with Crippen molar-refractivity contribution in [2.24, 2.45) is 0 Å². The van der Waals surface area contributed by atoms with Crippen molar-refractivity contribution in [3.63, 3.8) is 0 Å². The Bertz CT molecular complexity index is 5330. The molecule has 3 aliphatic carbocycles. The molecule has 14 aromatic carbocycles. The molecule has 0 atom stereocenters. The lowest BCUT2D eigenvalue weighted by Crippen LogP contribution is -2.15. The van der Waals surface area contributed by atoms with Crippen molar-refractivity contribution in [2.45, 2.75) is 19.3 Å². The van der Waals surface area contributed by atoms with E-state index >= 15 is 0 Å². The van der Waals surface area contributed by atoms with Crippen LogP contribution in [0.15, 0.2) is 279 Å². The van der Waals surface area contributed by atoms with Crippen LogP contribution >= 0.6 is 0 Å². The molecule has 2 nitrogen and oxygen atoms in total. The maximum atomic E-state index is 5.10. The lowest BCUT2D eigenvalue weighted by Gasteiger charge is -2.23. The molecule has 0 bridgehead atoms. The zero-order valence-electron chi connectivity index (χ0n) is 48.0. The highest BCUT2D eigenvalue weighted by molar-refractivity contribution is 6.32. The van der Waals surface area contributed by atoms with Gasteiger partial charge in [-0.2, -0.15) is 0 Å². The molecular formula is C85H52N2. The van der Waals surface area contributed by atoms with Gasteiger partial charge in [0.05, 0.1) is 11.4 Å². The Hall–Kier alpha value is -11.1. The first-order chi connectivity index (χ1) is 42.9. The Morgan fingerprint density at radius 1 is 0.218 bits per heavy atom. The summed E-state index contributed by atoms with van der Waals surface area (Å²) in [5.41, 5.74) is 29.0. The first-order valence-corrected chi connectivity index (χ1v) is 30.3. The summed E-state index contributed by atoms with van der Waals surface area (Å²) in [6.45, 7) is 4.88. The predicted octanol–water partition coefficient (Wildman–Crippen LogP) is 23.0. The minimum Gasteiger partial charge on any atom is -0.256 e. The number of benzene rings is 14. The van der Waals surface area contributed by atoms with Gasteiger partial charge in [-0.15, -0.1) is 0 Å². The van der Waals surface area contributed by atoms with E-state index in [-0.39, 0.29) is 5.41 Å². The average Bonchev–Trinajstić information content (AvgIpc) is 1.78. The molecule has 0 fully saturated rings. The summed E-state index contributed by atoms with van der Waals surface area (Å²) in [6, 6.07) is 100. The Kier molecular flexibility index (Phi) is 9.99. The van der Waals surface area contributed by atoms with Crippen molar-refractivity contribution in [2.75, 3.05) is 0 Å². The number of aromatic nitrogens is 2. The summed E-state index contributed by atoms with van der Waals surface area (Å²) in [5, 5.41) is 15.0. The Labute approximate surface area is 504 Å². The van der Waals surface area contributed by atoms with E-state index in [1.165, 1.54) is 187 Å². The minimum absolute atomic E-state index is 0.315. The predicted molar refractivity (Wildman–Crippen MR) is 366 cm³/mol. The van der Waals surface area contributed by atoms with E-state index in [0.717, 1.165) is 11.4 Å². The van der Waals surface area contributed by atoms with E-state index in [0.29, 0.717) is 0 Å². The fourth-order valence-corrected chi connectivity index (χ4v) is 15.8. The van der Waals surface area contributed by atoms with Gasteiger partial charge in [0.25, 0.3) is 0 Å². The number of fused-ring (bicyclic) bond motifs is 17. The molecule has 2 heterocycles. The maximum Gasteiger partial charge on any atom is 0.0787 e. The molecule has 19 rings (SSSR count). The monoisotopic (exact) mass is 1100 g/mol. The Balaban J connectivity index is 0.807. The molecular weight excluding hydrogens is 1050 g/mol. The highest BCUT2D eigenvalue weighted by Crippen LogP contribution is 2.57. The van der Waals surface area contributed by atoms with Crippen LogP contribution in [-0.2, 0) is 5.41 Å². The number of pyridine rings is 2. The molecule has 0 amide bonds. The van der Waals surface area contributed by atoms with E-state index in [1.54, 1.807) is 0 Å². The van der Waals surface area contributed by atoms with Crippen LogP contribution in [0.4, 0.5) is 0 Å². The molecule has 0 saturated heterocycles. The van der Waals surface area contributed by atoms with Gasteiger partial charge >= 0.3 is 0 Å². The van der Waals surface area contributed by atoms with Gasteiger partial charge in [-0.3, -0.25) is 9.97 Å². The number of hydrogen-bond acceptors (Lipinski definition) is 2. The molecule has 0 N–H and O–H groups in total. The molecule has 2 heteroatoms. The van der Waals surface area contributed by atoms with Gasteiger partial charge in [-0.05, 0) is 204 Å². The molecule has 0 saturated carbocycles. The number of hydrogen-bond donors (Lipinski definition) is 0. The van der Waals surface area contributed by atoms with Crippen LogP contribution in [0.3, 0.4) is 0 Å². The van der Waals surface area contributed by atoms with Gasteiger partial charge in [-0.25, -0.2) is 0 Å². The number of nitrogens with zero attached hydrogens (tertiary/aromatic N) is 2. The molecule has 0 radical (unpaired) electrons. The Morgan fingerprint density at radius 3 is 1.00 bits per heavy atom. The molecule has 3 aliphatic rings. The van der Waals surface area contributed by atoms with Crippen LogP contribution in [-0.4, -0.2) is 9.97 Å². The highest BCUT2D eigenvalue weighted by atomic mass is 14.7. The van der Waals surface area contributed by atoms with Gasteiger partial charge in [-0.1, -0.05) is 220 Å². The smallest absolute Gasteiger partial charge is 0.0787 e. The van der Waals surface area contributed by atoms with Gasteiger partial charge in [0.1, 0.15) is 0 Å². The standard InChI is InChI=1S/C85H52N2/c1-85(2)77-43-55(67-45-73-63-37-35-57(51-21-11-5-12-22-51)79-65-25-15-39-86-83(65)75(81(63)79)47-71(73)59-31-27-53(41-69(59)67)49-17-7-3-8-18-49)29-33-61(77)62-34-30-56(44-78(62)85)68-46-74-64-38-36-58(52-23-13-6-14-24-52)80-66-26-16-40-87-84(66)76(82(64)80)48-72(74)60-32-28-54(42-70(60)68)50-19-9-4-10-20-50/h3-48H,1-2H3. The highest BCUT2D eigenvalue weighted by Gasteiger charge is 2.37. The second-order valence-corrected chi connectivity index (χ2v) is 24.6. The van der Waals surface area contributed by atoms with Gasteiger partial charge in [0.15, 0.2) is 0 Å². The zero-order valence-corrected chi connectivity index (χ0v) is 48.0. The topological polar surface area (TPSA) is 25.8 Å². The molecule has 402 valence electrons. The second-order valence-electron chi connectivity index (χ2n) is 24.6. The molecule has 87 heavy (non-hydrogen) atoms. The molecule has 2 aromatic heterocycles. The lowest BCUT2D eigenvalue weighted by atomic mass is 9.80. The third-order valence-corrected chi connectivity index (χ3v) is 19.8. The summed E-state index contributed by atoms with van der Waals surface area (Å²) >= 11 is 0. The normalized spacial score (nSPS) is 13.0. The lowest BCUT2D eigenvalue weighted by molar-refractivity contribution is 0.661. The first-order valence-electron chi connectivity index (χ1n) is 30.3. The second kappa shape index (κ2) is 18.0. The number of rotatable bonds is 6. The maximum absolute atomic E-state index is 5.10. The van der Waals surface area contributed by atoms with Crippen LogP contribution in [0.5, 0.6) is 0 Å². The summed E-state index contributed by atoms with van der Waals surface area (Å²) < 4.78 is 0. The zero-order chi connectivity index (χ0) is 57.2. The third kappa shape index (κ3) is 6.87. The Morgan fingerprint density at radius 2 is 0.575 bits per heavy atom. The summed E-state index contributed by atoms with van der Waals surface area (Å²) in [4.78, 5) is 10.2. The van der Waals surface area contributed by atoms with E-state index in [1.807, 2.05) is 12.4 Å². The minimum atomic E-state index is -0.315. The SMILES string of the molecule is CC1(C)c2cc(-c3cc4c5ccc(-c6ccccc6)c6c5c(cc4c4ccc(-c5ccccc5)cc34)-c3ncccc3-6)ccc2-c2ccc(-c3cc4c5ccc(-c6ccccc6)c6c5c(cc4c4ccc(-c5ccccc5)cc34)-c3ncccc3-6)cc21. The van der Waals surface area contributed by atoms with Crippen molar-refractivity contribution >= 4 is 64.6 Å². The van der Waals surface area contributed by atoms with Crippen molar-refractivity contribution in [1.29, 1.82) is 0 Å². The quantitative estimate of drug-likeness (QED) is 0.155. The largest absolute Gasteiger partial charge is 0.256 e. The fourth-order valence-electron chi connectivity index (χ4n) is 15.8. The molecule has 16 aromatic rings. The van der Waals surface area contributed by atoms with Gasteiger partial charge in [0.2, 0.25) is 0 Å².